The van der Waals surface area contributed by atoms with Crippen molar-refractivity contribution >= 4 is 23.2 Å². The van der Waals surface area contributed by atoms with E-state index in [-0.39, 0.29) is 47.5 Å². The molecule has 0 N–H and O–H groups in total. The largest absolute Gasteiger partial charge is 0.391 e. The third kappa shape index (κ3) is 1.94. The van der Waals surface area contributed by atoms with Gasteiger partial charge in [0, 0.05) is 11.8 Å². The normalized spacial score (nSPS) is 35.0. The molecule has 0 spiro atoms. The number of anilines is 1. The number of amides is 2. The Morgan fingerprint density at radius 1 is 0.893 bits per heavy atom. The second-order valence-corrected chi connectivity index (χ2v) is 8.40. The monoisotopic (exact) mass is 372 g/mol. The van der Waals surface area contributed by atoms with Gasteiger partial charge in [0.05, 0.1) is 23.2 Å². The lowest BCUT2D eigenvalue weighted by atomic mass is 9.71. The van der Waals surface area contributed by atoms with Crippen LogP contribution in [-0.4, -0.2) is 23.6 Å². The zero-order chi connectivity index (χ0) is 19.0. The molecule has 2 aromatic carbocycles. The summed E-state index contributed by atoms with van der Waals surface area (Å²) in [4.78, 5) is 33.7. The molecule has 2 bridgehead atoms. The number of aryl methyl sites for hydroxylation is 1. The topological polar surface area (TPSA) is 59.0 Å². The van der Waals surface area contributed by atoms with Gasteiger partial charge < -0.3 is 4.84 Å². The number of hydrogen-bond acceptors (Lipinski definition) is 4. The first-order valence-electron chi connectivity index (χ1n) is 9.89. The number of nitrogens with zero attached hydrogens (tertiary/aromatic N) is 2. The quantitative estimate of drug-likeness (QED) is 0.761. The molecule has 6 atom stereocenters. The average molecular weight is 372 g/mol. The fraction of sp³-hybridized carbons (Fsp3) is 0.348. The summed E-state index contributed by atoms with van der Waals surface area (Å²) in [5, 5.41) is 4.40. The van der Waals surface area contributed by atoms with Gasteiger partial charge in [-0.3, -0.25) is 14.5 Å². The maximum atomic E-state index is 13.3. The number of benzene rings is 2. The van der Waals surface area contributed by atoms with Crippen LogP contribution in [0.2, 0.25) is 0 Å². The van der Waals surface area contributed by atoms with Gasteiger partial charge in [0.15, 0.2) is 0 Å². The number of carbonyl (C=O) groups is 2. The van der Waals surface area contributed by atoms with Gasteiger partial charge in [-0.2, -0.15) is 0 Å². The van der Waals surface area contributed by atoms with E-state index >= 15 is 0 Å². The summed E-state index contributed by atoms with van der Waals surface area (Å²) in [6, 6.07) is 17.6. The summed E-state index contributed by atoms with van der Waals surface area (Å²) in [6.45, 7) is 2.06. The Bertz CT molecular complexity index is 1010. The van der Waals surface area contributed by atoms with Crippen LogP contribution in [0.1, 0.15) is 17.5 Å². The minimum absolute atomic E-state index is 0.0534. The van der Waals surface area contributed by atoms with Crippen LogP contribution in [0.3, 0.4) is 0 Å². The maximum Gasteiger partial charge on any atom is 0.238 e. The van der Waals surface area contributed by atoms with Crippen LogP contribution >= 0.6 is 0 Å². The van der Waals surface area contributed by atoms with E-state index in [0.29, 0.717) is 5.69 Å². The van der Waals surface area contributed by atoms with Crippen LogP contribution in [0.25, 0.3) is 0 Å². The van der Waals surface area contributed by atoms with E-state index in [0.717, 1.165) is 17.7 Å². The molecule has 2 amide bonds. The van der Waals surface area contributed by atoms with E-state index in [1.54, 1.807) is 0 Å². The van der Waals surface area contributed by atoms with E-state index in [1.807, 2.05) is 30.3 Å². The van der Waals surface area contributed by atoms with Crippen molar-refractivity contribution < 1.29 is 14.4 Å². The predicted molar refractivity (Wildman–Crippen MR) is 104 cm³/mol. The summed E-state index contributed by atoms with van der Waals surface area (Å²) in [7, 11) is 0. The minimum Gasteiger partial charge on any atom is -0.391 e. The van der Waals surface area contributed by atoms with E-state index in [1.165, 1.54) is 10.5 Å². The fourth-order valence-electron chi connectivity index (χ4n) is 5.92. The minimum atomic E-state index is -0.272. The molecule has 1 saturated heterocycles. The number of para-hydroxylation sites is 1. The zero-order valence-electron chi connectivity index (χ0n) is 15.5. The molecule has 0 radical (unpaired) electrons. The standard InChI is InChI=1S/C23H20N2O3/c1-12-7-9-13(10-8-12)20-19-15-11-16(21(19)28-24-20)18-17(15)22(26)25(23(18)27)14-5-3-2-4-6-14/h2-10,15-19,21H,11H2,1H3. The Labute approximate surface area is 163 Å². The molecule has 5 nitrogen and oxygen atoms in total. The summed E-state index contributed by atoms with van der Waals surface area (Å²) >= 11 is 0. The molecule has 2 aliphatic heterocycles. The summed E-state index contributed by atoms with van der Waals surface area (Å²) < 4.78 is 0. The molecule has 2 saturated carbocycles. The highest BCUT2D eigenvalue weighted by Crippen LogP contribution is 2.61. The zero-order valence-corrected chi connectivity index (χ0v) is 15.5. The SMILES string of the molecule is Cc1ccc(C2=NOC3C4CC(C23)C2C(=O)N(c3ccccc3)C(=O)C42)cc1. The van der Waals surface area contributed by atoms with Gasteiger partial charge in [-0.05, 0) is 37.0 Å². The number of rotatable bonds is 2. The van der Waals surface area contributed by atoms with E-state index in [2.05, 4.69) is 36.3 Å². The fourth-order valence-corrected chi connectivity index (χ4v) is 5.92. The Morgan fingerprint density at radius 2 is 1.57 bits per heavy atom. The molecule has 3 fully saturated rings. The molecule has 2 heterocycles. The van der Waals surface area contributed by atoms with Crippen LogP contribution in [0, 0.1) is 36.5 Å². The van der Waals surface area contributed by atoms with Crippen molar-refractivity contribution in [1.29, 1.82) is 0 Å². The van der Waals surface area contributed by atoms with E-state index < -0.39 is 0 Å². The van der Waals surface area contributed by atoms with E-state index in [9.17, 15) is 9.59 Å². The molecule has 2 aliphatic carbocycles. The lowest BCUT2D eigenvalue weighted by Gasteiger charge is -2.29. The van der Waals surface area contributed by atoms with Crippen LogP contribution in [0.5, 0.6) is 0 Å². The van der Waals surface area contributed by atoms with Gasteiger partial charge >= 0.3 is 0 Å². The third-order valence-electron chi connectivity index (χ3n) is 7.05. The van der Waals surface area contributed by atoms with Gasteiger partial charge in [0.1, 0.15) is 6.10 Å². The predicted octanol–water partition coefficient (Wildman–Crippen LogP) is 3.17. The first kappa shape index (κ1) is 16.0. The van der Waals surface area contributed by atoms with Gasteiger partial charge in [-0.1, -0.05) is 53.2 Å². The second-order valence-electron chi connectivity index (χ2n) is 8.40. The number of oxime groups is 1. The highest BCUT2D eigenvalue weighted by atomic mass is 16.6. The lowest BCUT2D eigenvalue weighted by molar-refractivity contribution is -0.125. The van der Waals surface area contributed by atoms with Crippen LogP contribution in [-0.2, 0) is 14.4 Å². The highest BCUT2D eigenvalue weighted by molar-refractivity contribution is 6.23. The van der Waals surface area contributed by atoms with Crippen molar-refractivity contribution in [2.24, 2.45) is 34.7 Å². The molecule has 6 rings (SSSR count). The van der Waals surface area contributed by atoms with Crippen LogP contribution in [0.15, 0.2) is 59.8 Å². The van der Waals surface area contributed by atoms with Crippen molar-refractivity contribution in [3.8, 4) is 0 Å². The van der Waals surface area contributed by atoms with Gasteiger partial charge in [0.2, 0.25) is 11.8 Å². The Kier molecular flexibility index (Phi) is 3.17. The Hall–Kier alpha value is -2.95. The molecule has 4 aliphatic rings. The summed E-state index contributed by atoms with van der Waals surface area (Å²) in [5.41, 5.74) is 3.86. The number of imide groups is 1. The molecule has 0 aromatic heterocycles. The number of fused-ring (bicyclic) bond motifs is 8. The second kappa shape index (κ2) is 5.53. The number of carbonyl (C=O) groups excluding carboxylic acids is 2. The molecule has 140 valence electrons. The van der Waals surface area contributed by atoms with Gasteiger partial charge in [-0.15, -0.1) is 0 Å². The third-order valence-corrected chi connectivity index (χ3v) is 7.05. The smallest absolute Gasteiger partial charge is 0.238 e. The maximum absolute atomic E-state index is 13.3. The van der Waals surface area contributed by atoms with Crippen LogP contribution < -0.4 is 4.90 Å². The summed E-state index contributed by atoms with van der Waals surface area (Å²) in [6.07, 6.45) is 0.783. The van der Waals surface area contributed by atoms with Crippen molar-refractivity contribution in [1.82, 2.24) is 0 Å². The van der Waals surface area contributed by atoms with Gasteiger partial charge in [0.25, 0.3) is 0 Å². The van der Waals surface area contributed by atoms with Crippen molar-refractivity contribution in [3.05, 3.63) is 65.7 Å². The molecule has 6 unspecified atom stereocenters. The molecular formula is C23H20N2O3. The van der Waals surface area contributed by atoms with Crippen molar-refractivity contribution in [3.63, 3.8) is 0 Å². The van der Waals surface area contributed by atoms with E-state index in [4.69, 9.17) is 4.84 Å². The lowest BCUT2D eigenvalue weighted by Crippen LogP contribution is -2.41. The first-order valence-corrected chi connectivity index (χ1v) is 9.89. The molecule has 28 heavy (non-hydrogen) atoms. The van der Waals surface area contributed by atoms with Crippen molar-refractivity contribution in [2.75, 3.05) is 4.90 Å². The van der Waals surface area contributed by atoms with Gasteiger partial charge in [-0.25, -0.2) is 0 Å². The Balaban J connectivity index is 1.36. The summed E-state index contributed by atoms with van der Waals surface area (Å²) in [5.74, 6) is -0.365. The van der Waals surface area contributed by atoms with Crippen LogP contribution in [0.4, 0.5) is 5.69 Å². The van der Waals surface area contributed by atoms with Crippen molar-refractivity contribution in [2.45, 2.75) is 19.4 Å². The number of hydrogen-bond donors (Lipinski definition) is 0. The molecule has 5 heteroatoms. The highest BCUT2D eigenvalue weighted by Gasteiger charge is 2.70. The average Bonchev–Trinajstić information content (AvgIpc) is 3.44. The first-order chi connectivity index (χ1) is 13.6. The molecule has 2 aromatic rings. The Morgan fingerprint density at radius 3 is 2.29 bits per heavy atom. The molecular weight excluding hydrogens is 352 g/mol.